The summed E-state index contributed by atoms with van der Waals surface area (Å²) in [7, 11) is 0. The fourth-order valence-electron chi connectivity index (χ4n) is 2.79. The van der Waals surface area contributed by atoms with Crippen molar-refractivity contribution in [2.24, 2.45) is 0 Å². The van der Waals surface area contributed by atoms with Crippen LogP contribution in [0, 0.1) is 0 Å². The van der Waals surface area contributed by atoms with Crippen LogP contribution in [0.25, 0.3) is 0 Å². The molecule has 0 saturated carbocycles. The minimum absolute atomic E-state index is 0.0495. The maximum atomic E-state index is 11.7. The molecular formula is C20H19N5O3. The smallest absolute Gasteiger partial charge is 0.416 e. The number of hydrogen-bond donors (Lipinski definition) is 1. The first-order valence-corrected chi connectivity index (χ1v) is 8.92. The SMILES string of the molecule is C[C@@H](Nc1ncnc(N2CCOC2=O)n1)c1ccc(Oc2ccccc2)cc1. The maximum absolute atomic E-state index is 11.7. The molecule has 2 aromatic carbocycles. The Kier molecular flexibility index (Phi) is 5.01. The van der Waals surface area contributed by atoms with Gasteiger partial charge in [-0.3, -0.25) is 0 Å². The topological polar surface area (TPSA) is 89.5 Å². The van der Waals surface area contributed by atoms with Crippen molar-refractivity contribution in [1.82, 2.24) is 15.0 Å². The summed E-state index contributed by atoms with van der Waals surface area (Å²) in [6.07, 6.45) is 0.930. The second-order valence-corrected chi connectivity index (χ2v) is 6.23. The second-order valence-electron chi connectivity index (χ2n) is 6.23. The standard InChI is InChI=1S/C20H19N5O3/c1-14(15-7-9-17(10-8-15)28-16-5-3-2-4-6-16)23-18-21-13-22-19(24-18)25-11-12-27-20(25)26/h2-10,13-14H,11-12H2,1H3,(H,21,22,23,24)/t14-/m1/s1. The summed E-state index contributed by atoms with van der Waals surface area (Å²) in [5.41, 5.74) is 1.04. The third-order valence-corrected chi connectivity index (χ3v) is 4.27. The molecule has 1 aliphatic rings. The fourth-order valence-corrected chi connectivity index (χ4v) is 2.79. The summed E-state index contributed by atoms with van der Waals surface area (Å²) in [4.78, 5) is 25.5. The fraction of sp³-hybridized carbons (Fsp3) is 0.200. The highest BCUT2D eigenvalue weighted by atomic mass is 16.6. The van der Waals surface area contributed by atoms with Gasteiger partial charge in [-0.1, -0.05) is 30.3 Å². The first-order valence-electron chi connectivity index (χ1n) is 8.92. The van der Waals surface area contributed by atoms with Crippen LogP contribution in [0.2, 0.25) is 0 Å². The highest BCUT2D eigenvalue weighted by Crippen LogP contribution is 2.24. The minimum atomic E-state index is -0.445. The molecule has 0 unspecified atom stereocenters. The molecule has 1 fully saturated rings. The Balaban J connectivity index is 1.42. The van der Waals surface area contributed by atoms with E-state index in [0.29, 0.717) is 19.1 Å². The Labute approximate surface area is 162 Å². The number of nitrogens with one attached hydrogen (secondary N) is 1. The molecule has 0 bridgehead atoms. The molecule has 8 nitrogen and oxygen atoms in total. The summed E-state index contributed by atoms with van der Waals surface area (Å²) in [5, 5.41) is 3.22. The first-order chi connectivity index (χ1) is 13.7. The molecule has 0 radical (unpaired) electrons. The van der Waals surface area contributed by atoms with Crippen LogP contribution in [-0.4, -0.2) is 34.2 Å². The number of benzene rings is 2. The lowest BCUT2D eigenvalue weighted by atomic mass is 10.1. The van der Waals surface area contributed by atoms with Gasteiger partial charge in [0.25, 0.3) is 0 Å². The largest absolute Gasteiger partial charge is 0.457 e. The van der Waals surface area contributed by atoms with Gasteiger partial charge in [0.05, 0.1) is 12.6 Å². The van der Waals surface area contributed by atoms with Gasteiger partial charge in [-0.2, -0.15) is 4.98 Å². The predicted octanol–water partition coefficient (Wildman–Crippen LogP) is 3.79. The average Bonchev–Trinajstić information content (AvgIpc) is 3.15. The van der Waals surface area contributed by atoms with Gasteiger partial charge in [-0.25, -0.2) is 19.7 Å². The van der Waals surface area contributed by atoms with Crippen LogP contribution in [0.4, 0.5) is 16.7 Å². The lowest BCUT2D eigenvalue weighted by Gasteiger charge is -2.16. The van der Waals surface area contributed by atoms with E-state index in [2.05, 4.69) is 20.3 Å². The van der Waals surface area contributed by atoms with E-state index in [-0.39, 0.29) is 12.0 Å². The van der Waals surface area contributed by atoms with Gasteiger partial charge in [0.1, 0.15) is 24.4 Å². The Morgan fingerprint density at radius 3 is 2.54 bits per heavy atom. The predicted molar refractivity (Wildman–Crippen MR) is 104 cm³/mol. The molecule has 28 heavy (non-hydrogen) atoms. The van der Waals surface area contributed by atoms with E-state index in [9.17, 15) is 4.79 Å². The van der Waals surface area contributed by atoms with E-state index < -0.39 is 6.09 Å². The van der Waals surface area contributed by atoms with E-state index in [1.807, 2.05) is 61.5 Å². The zero-order valence-electron chi connectivity index (χ0n) is 15.3. The number of carbonyl (C=O) groups excluding carboxylic acids is 1. The van der Waals surface area contributed by atoms with Gasteiger partial charge >= 0.3 is 6.09 Å². The van der Waals surface area contributed by atoms with Crippen LogP contribution in [0.5, 0.6) is 11.5 Å². The Bertz CT molecular complexity index is 950. The van der Waals surface area contributed by atoms with Crippen LogP contribution >= 0.6 is 0 Å². The number of carbonyl (C=O) groups is 1. The van der Waals surface area contributed by atoms with E-state index in [4.69, 9.17) is 9.47 Å². The van der Waals surface area contributed by atoms with Gasteiger partial charge in [0, 0.05) is 0 Å². The number of para-hydroxylation sites is 1. The van der Waals surface area contributed by atoms with Gasteiger partial charge < -0.3 is 14.8 Å². The van der Waals surface area contributed by atoms with Gasteiger partial charge in [0.15, 0.2) is 0 Å². The molecule has 1 atom stereocenters. The number of hydrogen-bond acceptors (Lipinski definition) is 7. The number of aromatic nitrogens is 3. The monoisotopic (exact) mass is 377 g/mol. The summed E-state index contributed by atoms with van der Waals surface area (Å²) < 4.78 is 10.7. The Hall–Kier alpha value is -3.68. The second kappa shape index (κ2) is 7.91. The summed E-state index contributed by atoms with van der Waals surface area (Å²) in [5.74, 6) is 2.22. The zero-order valence-corrected chi connectivity index (χ0v) is 15.3. The molecule has 2 heterocycles. The van der Waals surface area contributed by atoms with E-state index in [1.165, 1.54) is 11.2 Å². The van der Waals surface area contributed by atoms with Crippen molar-refractivity contribution in [2.75, 3.05) is 23.4 Å². The van der Waals surface area contributed by atoms with Crippen LogP contribution in [0.15, 0.2) is 60.9 Å². The molecule has 142 valence electrons. The lowest BCUT2D eigenvalue weighted by molar-refractivity contribution is 0.181. The highest BCUT2D eigenvalue weighted by Gasteiger charge is 2.26. The van der Waals surface area contributed by atoms with Crippen molar-refractivity contribution in [3.05, 3.63) is 66.5 Å². The number of rotatable bonds is 6. The molecule has 3 aromatic rings. The number of cyclic esters (lactones) is 1. The van der Waals surface area contributed by atoms with E-state index in [0.717, 1.165) is 17.1 Å². The lowest BCUT2D eigenvalue weighted by Crippen LogP contribution is -2.26. The number of amides is 1. The molecule has 1 aromatic heterocycles. The molecular weight excluding hydrogens is 358 g/mol. The normalized spacial score (nSPS) is 14.5. The van der Waals surface area contributed by atoms with E-state index >= 15 is 0 Å². The summed E-state index contributed by atoms with van der Waals surface area (Å²) in [6.45, 7) is 2.77. The number of nitrogens with zero attached hydrogens (tertiary/aromatic N) is 4. The maximum Gasteiger partial charge on any atom is 0.416 e. The molecule has 1 N–H and O–H groups in total. The molecule has 0 spiro atoms. The third kappa shape index (κ3) is 4.01. The number of anilines is 2. The Morgan fingerprint density at radius 1 is 1.07 bits per heavy atom. The van der Waals surface area contributed by atoms with Crippen LogP contribution in [0.1, 0.15) is 18.5 Å². The van der Waals surface area contributed by atoms with Crippen LogP contribution in [-0.2, 0) is 4.74 Å². The van der Waals surface area contributed by atoms with E-state index in [1.54, 1.807) is 0 Å². The molecule has 0 aliphatic carbocycles. The highest BCUT2D eigenvalue weighted by molar-refractivity contribution is 5.87. The van der Waals surface area contributed by atoms with Crippen LogP contribution < -0.4 is 15.0 Å². The minimum Gasteiger partial charge on any atom is -0.457 e. The van der Waals surface area contributed by atoms with Crippen molar-refractivity contribution >= 4 is 18.0 Å². The van der Waals surface area contributed by atoms with Crippen LogP contribution in [0.3, 0.4) is 0 Å². The number of ether oxygens (including phenoxy) is 2. The van der Waals surface area contributed by atoms with Gasteiger partial charge in [-0.05, 0) is 36.8 Å². The summed E-state index contributed by atoms with van der Waals surface area (Å²) >= 11 is 0. The zero-order chi connectivity index (χ0) is 19.3. The average molecular weight is 377 g/mol. The summed E-state index contributed by atoms with van der Waals surface area (Å²) in [6, 6.07) is 17.4. The molecule has 1 aliphatic heterocycles. The molecule has 4 rings (SSSR count). The van der Waals surface area contributed by atoms with Crippen molar-refractivity contribution in [1.29, 1.82) is 0 Å². The molecule has 1 saturated heterocycles. The first kappa shape index (κ1) is 17.7. The van der Waals surface area contributed by atoms with Crippen molar-refractivity contribution < 1.29 is 14.3 Å². The Morgan fingerprint density at radius 2 is 1.82 bits per heavy atom. The quantitative estimate of drug-likeness (QED) is 0.699. The third-order valence-electron chi connectivity index (χ3n) is 4.27. The molecule has 1 amide bonds. The van der Waals surface area contributed by atoms with Gasteiger partial charge in [0.2, 0.25) is 11.9 Å². The van der Waals surface area contributed by atoms with Gasteiger partial charge in [-0.15, -0.1) is 0 Å². The van der Waals surface area contributed by atoms with Crippen molar-refractivity contribution in [2.45, 2.75) is 13.0 Å². The van der Waals surface area contributed by atoms with Crippen molar-refractivity contribution in [3.63, 3.8) is 0 Å². The van der Waals surface area contributed by atoms with Crippen molar-refractivity contribution in [3.8, 4) is 11.5 Å². The molecule has 8 heteroatoms.